The maximum Gasteiger partial charge on any atom is 0.104 e. The fourth-order valence-electron chi connectivity index (χ4n) is 18.1. The van der Waals surface area contributed by atoms with Gasteiger partial charge >= 0.3 is 0 Å². The molecule has 0 heterocycles. The highest BCUT2D eigenvalue weighted by Gasteiger charge is 2.33. The molecular weight excluding hydrogens is 1550 g/mol. The SMILES string of the molecule is CCCCCCCCCCCCCCCC[N+](C)(C)Cc1ccccc1.CCCCCCCCCCCC[B-](c1ccc(C)c(Cl)c1)(c1ccc(C)c(Cl)c1)c1ccc(C)c(Cl)c1.CCCCCCCCCCCC[B-](c1ccc(C)c(Cl)c1)(c1ccc(C)c(Cl)c1)c1ccc(C)c(Cl)c1.CCCC[N+](CCCC)(CCCC)CCCC. The predicted octanol–water partition coefficient (Wildman–Crippen LogP) is 32.7. The fourth-order valence-corrected chi connectivity index (χ4v) is 19.2. The predicted molar refractivity (Wildman–Crippen MR) is 537 cm³/mol. The molecular formula is C107H168B2Cl6N2. The van der Waals surface area contributed by atoms with Crippen molar-refractivity contribution in [3.63, 3.8) is 0 Å². The summed E-state index contributed by atoms with van der Waals surface area (Å²) in [6.07, 6.45) is 57.1. The van der Waals surface area contributed by atoms with E-state index in [4.69, 9.17) is 69.6 Å². The Kier molecular flexibility index (Phi) is 55.6. The molecule has 10 heteroatoms. The summed E-state index contributed by atoms with van der Waals surface area (Å²) in [7, 11) is 4.74. The van der Waals surface area contributed by atoms with E-state index < -0.39 is 12.3 Å². The summed E-state index contributed by atoms with van der Waals surface area (Å²) in [5.74, 6) is 0. The van der Waals surface area contributed by atoms with Crippen molar-refractivity contribution < 1.29 is 8.97 Å². The fraction of sp³-hybridized carbons (Fsp3) is 0.607. The van der Waals surface area contributed by atoms with E-state index in [0.717, 1.165) is 100 Å². The molecule has 7 aromatic rings. The van der Waals surface area contributed by atoms with Crippen LogP contribution in [-0.2, 0) is 6.54 Å². The summed E-state index contributed by atoms with van der Waals surface area (Å²) < 4.78 is 2.53. The van der Waals surface area contributed by atoms with Gasteiger partial charge in [0, 0.05) is 35.7 Å². The van der Waals surface area contributed by atoms with Crippen molar-refractivity contribution in [2.24, 2.45) is 0 Å². The molecule has 2 nitrogen and oxygen atoms in total. The van der Waals surface area contributed by atoms with Crippen molar-refractivity contribution in [3.8, 4) is 0 Å². The highest BCUT2D eigenvalue weighted by atomic mass is 35.5. The molecule has 0 unspecified atom stereocenters. The quantitative estimate of drug-likeness (QED) is 0.0203. The molecule has 0 N–H and O–H groups in total. The maximum atomic E-state index is 6.73. The van der Waals surface area contributed by atoms with E-state index in [1.807, 2.05) is 0 Å². The van der Waals surface area contributed by atoms with E-state index in [0.29, 0.717) is 0 Å². The van der Waals surface area contributed by atoms with Crippen molar-refractivity contribution in [2.75, 3.05) is 46.8 Å². The number of quaternary nitrogens is 2. The molecule has 0 amide bonds. The van der Waals surface area contributed by atoms with Crippen LogP contribution in [-0.4, -0.2) is 68.1 Å². The molecule has 0 atom stereocenters. The lowest BCUT2D eigenvalue weighted by atomic mass is 9.14. The standard InChI is InChI=1S/2C33H43BCl3.C25H46N.C16H36N/c2*1-5-6-7-8-9-10-11-12-13-14-21-34(28-18-15-25(2)31(35)22-28,29-19-16-26(3)32(36)23-29)30-20-17-27(4)33(37)24-30;1-4-5-6-7-8-9-10-11-12-13-14-15-16-20-23-26(2,3)24-25-21-18-17-19-22-25;1-5-9-13-17(14-10-6-2,15-11-7-3)16-12-8-4/h2*15-20,22-24H,5-14,21H2,1-4H3;17-19,21-22H,4-16,20,23-24H2,1-3H3;5-16H2,1-4H3/q2*-1;2*+1. The monoisotopic (exact) mass is 1710 g/mol. The van der Waals surface area contributed by atoms with Crippen LogP contribution in [0.5, 0.6) is 0 Å². The molecule has 117 heavy (non-hydrogen) atoms. The molecule has 7 rings (SSSR count). The van der Waals surface area contributed by atoms with Gasteiger partial charge in [-0.1, -0.05) is 489 Å². The molecule has 0 aliphatic rings. The van der Waals surface area contributed by atoms with Gasteiger partial charge in [0.1, 0.15) is 6.54 Å². The molecule has 0 radical (unpaired) electrons. The van der Waals surface area contributed by atoms with Crippen LogP contribution in [0, 0.1) is 41.5 Å². The maximum absolute atomic E-state index is 6.73. The Balaban J connectivity index is 0.000000341. The van der Waals surface area contributed by atoms with Gasteiger partial charge in [0.15, 0.2) is 0 Å². The van der Waals surface area contributed by atoms with Gasteiger partial charge in [-0.05, 0) is 113 Å². The number of rotatable bonds is 57. The number of unbranched alkanes of at least 4 members (excludes halogenated alkanes) is 35. The van der Waals surface area contributed by atoms with Crippen molar-refractivity contribution in [2.45, 2.75) is 379 Å². The molecule has 0 saturated carbocycles. The van der Waals surface area contributed by atoms with Gasteiger partial charge in [-0.2, -0.15) is 45.4 Å². The molecule has 0 fully saturated rings. The molecule has 7 aromatic carbocycles. The summed E-state index contributed by atoms with van der Waals surface area (Å²) >= 11 is 40.4. The first-order valence-corrected chi connectivity index (χ1v) is 50.4. The average Bonchev–Trinajstić information content (AvgIpc) is 0.751. The Morgan fingerprint density at radius 1 is 0.222 bits per heavy atom. The van der Waals surface area contributed by atoms with Gasteiger partial charge in [-0.15, -0.1) is 0 Å². The molecule has 654 valence electrons. The molecule has 0 aliphatic heterocycles. The number of halogens is 6. The Morgan fingerprint density at radius 2 is 0.419 bits per heavy atom. The van der Waals surface area contributed by atoms with Crippen molar-refractivity contribution in [1.29, 1.82) is 0 Å². The molecule has 0 bridgehead atoms. The van der Waals surface area contributed by atoms with E-state index in [9.17, 15) is 0 Å². The minimum atomic E-state index is -1.30. The van der Waals surface area contributed by atoms with Crippen LogP contribution in [0.4, 0.5) is 0 Å². The van der Waals surface area contributed by atoms with Crippen LogP contribution in [0.3, 0.4) is 0 Å². The van der Waals surface area contributed by atoms with Crippen LogP contribution in [0.25, 0.3) is 0 Å². The van der Waals surface area contributed by atoms with Crippen molar-refractivity contribution in [1.82, 2.24) is 0 Å². The third-order valence-electron chi connectivity index (χ3n) is 26.1. The van der Waals surface area contributed by atoms with Gasteiger partial charge in [0.05, 0.1) is 59.1 Å². The zero-order valence-electron chi connectivity index (χ0n) is 77.5. The zero-order chi connectivity index (χ0) is 85.6. The van der Waals surface area contributed by atoms with E-state index in [2.05, 4.69) is 244 Å². The summed E-state index contributed by atoms with van der Waals surface area (Å²) in [5.41, 5.74) is 15.6. The second-order valence-corrected chi connectivity index (χ2v) is 39.1. The topological polar surface area (TPSA) is 0 Å². The lowest BCUT2D eigenvalue weighted by Gasteiger charge is -2.44. The molecule has 0 spiro atoms. The highest BCUT2D eigenvalue weighted by molar-refractivity contribution is 7.12. The first-order valence-electron chi connectivity index (χ1n) is 48.1. The number of benzene rings is 7. The smallest absolute Gasteiger partial charge is 0.104 e. The summed E-state index contributed by atoms with van der Waals surface area (Å²) in [6, 6.07) is 50.5. The van der Waals surface area contributed by atoms with E-state index >= 15 is 0 Å². The number of hydrogen-bond acceptors (Lipinski definition) is 0. The van der Waals surface area contributed by atoms with Gasteiger partial charge in [-0.25, -0.2) is 0 Å². The van der Waals surface area contributed by atoms with E-state index in [1.165, 1.54) is 332 Å². The first kappa shape index (κ1) is 106. The summed E-state index contributed by atoms with van der Waals surface area (Å²) in [5, 5.41) is 4.85. The van der Waals surface area contributed by atoms with Crippen LogP contribution in [0.2, 0.25) is 42.8 Å². The third kappa shape index (κ3) is 39.4. The van der Waals surface area contributed by atoms with Crippen molar-refractivity contribution >= 4 is 115 Å². The van der Waals surface area contributed by atoms with Crippen molar-refractivity contribution in [3.05, 3.63) is 209 Å². The van der Waals surface area contributed by atoms with Gasteiger partial charge in [0.2, 0.25) is 0 Å². The van der Waals surface area contributed by atoms with Gasteiger partial charge in [0.25, 0.3) is 0 Å². The van der Waals surface area contributed by atoms with E-state index in [-0.39, 0.29) is 0 Å². The van der Waals surface area contributed by atoms with Crippen LogP contribution in [0.15, 0.2) is 140 Å². The second-order valence-electron chi connectivity index (χ2n) is 36.6. The summed E-state index contributed by atoms with van der Waals surface area (Å²) in [4.78, 5) is 0. The third-order valence-corrected chi connectivity index (χ3v) is 28.5. The summed E-state index contributed by atoms with van der Waals surface area (Å²) in [6.45, 7) is 36.7. The van der Waals surface area contributed by atoms with Crippen LogP contribution < -0.4 is 32.8 Å². The lowest BCUT2D eigenvalue weighted by Crippen LogP contribution is -2.67. The molecule has 0 saturated heterocycles. The van der Waals surface area contributed by atoms with Crippen LogP contribution >= 0.6 is 69.6 Å². The van der Waals surface area contributed by atoms with Gasteiger partial charge < -0.3 is 8.97 Å². The van der Waals surface area contributed by atoms with E-state index in [1.54, 1.807) is 0 Å². The normalized spacial score (nSPS) is 11.8. The lowest BCUT2D eigenvalue weighted by molar-refractivity contribution is -0.929. The number of hydrogen-bond donors (Lipinski definition) is 0. The average molecular weight is 1720 g/mol. The highest BCUT2D eigenvalue weighted by Crippen LogP contribution is 2.30. The zero-order valence-corrected chi connectivity index (χ0v) is 82.0. The minimum absolute atomic E-state index is 0.809. The number of aryl methyl sites for hydroxylation is 6. The number of nitrogens with zero attached hydrogens (tertiary/aromatic N) is 2. The Bertz CT molecular complexity index is 3270. The Hall–Kier alpha value is -3.67. The first-order chi connectivity index (χ1) is 56.5. The second kappa shape index (κ2) is 61.6. The Labute approximate surface area is 752 Å². The molecule has 0 aromatic heterocycles. The minimum Gasteiger partial charge on any atom is -0.325 e. The van der Waals surface area contributed by atoms with Crippen LogP contribution in [0.1, 0.15) is 357 Å². The largest absolute Gasteiger partial charge is 0.325 e. The Morgan fingerprint density at radius 3 is 0.624 bits per heavy atom. The van der Waals surface area contributed by atoms with Gasteiger partial charge in [-0.3, -0.25) is 0 Å². The molecule has 0 aliphatic carbocycles.